The molecule has 27 heavy (non-hydrogen) atoms. The molecule has 1 N–H and O–H groups in total. The van der Waals surface area contributed by atoms with Crippen molar-refractivity contribution in [2.24, 2.45) is 0 Å². The predicted octanol–water partition coefficient (Wildman–Crippen LogP) is 3.42. The van der Waals surface area contributed by atoms with Crippen molar-refractivity contribution in [1.82, 2.24) is 24.6 Å². The molecule has 0 unspecified atom stereocenters. The number of hydrogen-bond acceptors (Lipinski definition) is 3. The third-order valence-corrected chi connectivity index (χ3v) is 5.19. The number of benzene rings is 2. The van der Waals surface area contributed by atoms with E-state index < -0.39 is 0 Å². The summed E-state index contributed by atoms with van der Waals surface area (Å²) in [5.74, 6) is 0.423. The lowest BCUT2D eigenvalue weighted by Gasteiger charge is -2.23. The first-order valence-corrected chi connectivity index (χ1v) is 9.04. The Morgan fingerprint density at radius 1 is 1.26 bits per heavy atom. The first kappa shape index (κ1) is 16.0. The summed E-state index contributed by atoms with van der Waals surface area (Å²) in [5, 5.41) is 5.37. The number of carbonyl (C=O) groups excluding carboxylic acids is 1. The van der Waals surface area contributed by atoms with Gasteiger partial charge in [0.05, 0.1) is 28.8 Å². The number of H-pyrrole nitrogens is 1. The van der Waals surface area contributed by atoms with Crippen molar-refractivity contribution in [1.29, 1.82) is 0 Å². The molecule has 136 valence electrons. The first-order chi connectivity index (χ1) is 13.2. The monoisotopic (exact) mass is 363 g/mol. The van der Waals surface area contributed by atoms with Crippen LogP contribution in [0, 0.1) is 5.82 Å². The van der Waals surface area contributed by atoms with Crippen LogP contribution in [0.2, 0.25) is 0 Å². The van der Waals surface area contributed by atoms with E-state index in [1.807, 2.05) is 29.2 Å². The number of rotatable bonds is 3. The van der Waals surface area contributed by atoms with Crippen LogP contribution >= 0.6 is 0 Å². The van der Waals surface area contributed by atoms with E-state index >= 15 is 0 Å². The number of nitrogens with zero attached hydrogens (tertiary/aromatic N) is 4. The van der Waals surface area contributed by atoms with Crippen LogP contribution in [0.4, 0.5) is 4.39 Å². The molecule has 1 aliphatic heterocycles. The van der Waals surface area contributed by atoms with Crippen LogP contribution in [-0.4, -0.2) is 37.1 Å². The SMILES string of the molecule is O=C(Cn1ncc2ccccc21)N1CCC[C@H]1c1nc2ccc(F)cc2[nH]1. The van der Waals surface area contributed by atoms with Gasteiger partial charge >= 0.3 is 0 Å². The lowest BCUT2D eigenvalue weighted by atomic mass is 10.2. The largest absolute Gasteiger partial charge is 0.340 e. The minimum atomic E-state index is -0.303. The van der Waals surface area contributed by atoms with Crippen LogP contribution in [-0.2, 0) is 11.3 Å². The van der Waals surface area contributed by atoms with Gasteiger partial charge in [-0.2, -0.15) is 5.10 Å². The van der Waals surface area contributed by atoms with Crippen molar-refractivity contribution >= 4 is 27.8 Å². The van der Waals surface area contributed by atoms with Gasteiger partial charge in [-0.15, -0.1) is 0 Å². The summed E-state index contributed by atoms with van der Waals surface area (Å²) < 4.78 is 15.2. The number of aromatic amines is 1. The van der Waals surface area contributed by atoms with Gasteiger partial charge in [-0.1, -0.05) is 18.2 Å². The average molecular weight is 363 g/mol. The Morgan fingerprint density at radius 3 is 3.07 bits per heavy atom. The van der Waals surface area contributed by atoms with Crippen LogP contribution in [0.1, 0.15) is 24.7 Å². The zero-order valence-electron chi connectivity index (χ0n) is 14.6. The highest BCUT2D eigenvalue weighted by atomic mass is 19.1. The molecule has 3 heterocycles. The van der Waals surface area contributed by atoms with Gasteiger partial charge in [0.2, 0.25) is 5.91 Å². The zero-order valence-corrected chi connectivity index (χ0v) is 14.6. The third kappa shape index (κ3) is 2.75. The number of fused-ring (bicyclic) bond motifs is 2. The Morgan fingerprint density at radius 2 is 2.15 bits per heavy atom. The number of likely N-dealkylation sites (tertiary alicyclic amines) is 1. The number of imidazole rings is 1. The fourth-order valence-corrected chi connectivity index (χ4v) is 3.88. The molecule has 1 atom stereocenters. The minimum Gasteiger partial charge on any atom is -0.340 e. The molecule has 0 spiro atoms. The second-order valence-electron chi connectivity index (χ2n) is 6.89. The van der Waals surface area contributed by atoms with E-state index in [9.17, 15) is 9.18 Å². The van der Waals surface area contributed by atoms with Crippen molar-refractivity contribution in [2.45, 2.75) is 25.4 Å². The molecule has 6 nitrogen and oxygen atoms in total. The second kappa shape index (κ2) is 6.19. The van der Waals surface area contributed by atoms with Gasteiger partial charge in [0, 0.05) is 11.9 Å². The number of aromatic nitrogens is 4. The molecular formula is C20H18FN5O. The normalized spacial score (nSPS) is 17.2. The molecule has 7 heteroatoms. The standard InChI is InChI=1S/C20H18FN5O/c21-14-7-8-15-16(10-14)24-20(23-15)18-6-3-9-25(18)19(27)12-26-17-5-2-1-4-13(17)11-22-26/h1-2,4-5,7-8,10-11,18H,3,6,9,12H2,(H,23,24)/t18-/m0/s1. The van der Waals surface area contributed by atoms with Crippen molar-refractivity contribution in [3.63, 3.8) is 0 Å². The summed E-state index contributed by atoms with van der Waals surface area (Å²) in [5.41, 5.74) is 2.31. The highest BCUT2D eigenvalue weighted by Gasteiger charge is 2.32. The molecular weight excluding hydrogens is 345 g/mol. The average Bonchev–Trinajstić information content (AvgIpc) is 3.39. The summed E-state index contributed by atoms with van der Waals surface area (Å²) in [4.78, 5) is 22.6. The molecule has 4 aromatic rings. The molecule has 2 aromatic carbocycles. The van der Waals surface area contributed by atoms with Crippen molar-refractivity contribution in [3.05, 3.63) is 60.3 Å². The van der Waals surface area contributed by atoms with Gasteiger partial charge in [-0.3, -0.25) is 9.48 Å². The third-order valence-electron chi connectivity index (χ3n) is 5.19. The zero-order chi connectivity index (χ0) is 18.4. The molecule has 1 aliphatic rings. The fraction of sp³-hybridized carbons (Fsp3) is 0.250. The van der Waals surface area contributed by atoms with E-state index in [1.165, 1.54) is 12.1 Å². The molecule has 5 rings (SSSR count). The Bertz CT molecular complexity index is 1150. The van der Waals surface area contributed by atoms with Gasteiger partial charge in [-0.25, -0.2) is 9.37 Å². The molecule has 2 aromatic heterocycles. The summed E-state index contributed by atoms with van der Waals surface area (Å²) in [6.45, 7) is 0.882. The van der Waals surface area contributed by atoms with E-state index in [1.54, 1.807) is 16.9 Å². The number of para-hydroxylation sites is 1. The lowest BCUT2D eigenvalue weighted by Crippen LogP contribution is -2.34. The molecule has 1 fully saturated rings. The van der Waals surface area contributed by atoms with Crippen LogP contribution in [0.25, 0.3) is 21.9 Å². The summed E-state index contributed by atoms with van der Waals surface area (Å²) in [6.07, 6.45) is 3.54. The van der Waals surface area contributed by atoms with Gasteiger partial charge in [-0.05, 0) is 37.1 Å². The van der Waals surface area contributed by atoms with E-state index in [-0.39, 0.29) is 24.3 Å². The Balaban J connectivity index is 1.42. The number of hydrogen-bond donors (Lipinski definition) is 1. The second-order valence-corrected chi connectivity index (χ2v) is 6.89. The smallest absolute Gasteiger partial charge is 0.244 e. The van der Waals surface area contributed by atoms with Crippen molar-refractivity contribution in [3.8, 4) is 0 Å². The number of amides is 1. The fourth-order valence-electron chi connectivity index (χ4n) is 3.88. The first-order valence-electron chi connectivity index (χ1n) is 9.04. The Labute approximate surface area is 154 Å². The topological polar surface area (TPSA) is 66.8 Å². The quantitative estimate of drug-likeness (QED) is 0.606. The Kier molecular flexibility index (Phi) is 3.67. The van der Waals surface area contributed by atoms with Gasteiger partial charge in [0.25, 0.3) is 0 Å². The molecule has 0 saturated carbocycles. The molecule has 0 radical (unpaired) electrons. The minimum absolute atomic E-state index is 0.0120. The van der Waals surface area contributed by atoms with E-state index in [0.717, 1.165) is 23.7 Å². The maximum atomic E-state index is 13.4. The lowest BCUT2D eigenvalue weighted by molar-refractivity contribution is -0.133. The van der Waals surface area contributed by atoms with Crippen LogP contribution in [0.15, 0.2) is 48.7 Å². The maximum Gasteiger partial charge on any atom is 0.244 e. The molecule has 1 amide bonds. The molecule has 1 saturated heterocycles. The van der Waals surface area contributed by atoms with Crippen molar-refractivity contribution in [2.75, 3.05) is 6.54 Å². The molecule has 0 bridgehead atoms. The summed E-state index contributed by atoms with van der Waals surface area (Å²) in [7, 11) is 0. The highest BCUT2D eigenvalue weighted by Crippen LogP contribution is 2.32. The summed E-state index contributed by atoms with van der Waals surface area (Å²) >= 11 is 0. The van der Waals surface area contributed by atoms with Gasteiger partial charge < -0.3 is 9.88 Å². The van der Waals surface area contributed by atoms with Crippen LogP contribution in [0.5, 0.6) is 0 Å². The highest BCUT2D eigenvalue weighted by molar-refractivity contribution is 5.82. The van der Waals surface area contributed by atoms with Gasteiger partial charge in [0.1, 0.15) is 18.2 Å². The van der Waals surface area contributed by atoms with Crippen LogP contribution < -0.4 is 0 Å². The Hall–Kier alpha value is -3.22. The van der Waals surface area contributed by atoms with E-state index in [0.29, 0.717) is 23.4 Å². The maximum absolute atomic E-state index is 13.4. The van der Waals surface area contributed by atoms with Crippen molar-refractivity contribution < 1.29 is 9.18 Å². The number of carbonyl (C=O) groups is 1. The van der Waals surface area contributed by atoms with E-state index in [2.05, 4.69) is 15.1 Å². The van der Waals surface area contributed by atoms with E-state index in [4.69, 9.17) is 0 Å². The number of nitrogens with one attached hydrogen (secondary N) is 1. The number of halogens is 1. The predicted molar refractivity (Wildman–Crippen MR) is 99.5 cm³/mol. The van der Waals surface area contributed by atoms with Crippen LogP contribution in [0.3, 0.4) is 0 Å². The molecule has 0 aliphatic carbocycles. The summed E-state index contributed by atoms with van der Waals surface area (Å²) in [6, 6.07) is 12.2. The van der Waals surface area contributed by atoms with Gasteiger partial charge in [0.15, 0.2) is 0 Å².